The molecule has 6 rings (SSSR count). The quantitative estimate of drug-likeness (QED) is 0.145. The van der Waals surface area contributed by atoms with Crippen LogP contribution in [-0.4, -0.2) is 36.0 Å². The molecule has 0 saturated heterocycles. The topological polar surface area (TPSA) is 129 Å². The fourth-order valence-corrected chi connectivity index (χ4v) is 5.12. The van der Waals surface area contributed by atoms with Crippen molar-refractivity contribution in [2.45, 2.75) is 19.3 Å². The summed E-state index contributed by atoms with van der Waals surface area (Å²) in [5, 5.41) is 5.97. The van der Waals surface area contributed by atoms with Gasteiger partial charge in [-0.1, -0.05) is 48.0 Å². The highest BCUT2D eigenvalue weighted by molar-refractivity contribution is 6.31. The number of nitrogens with one attached hydrogen (secondary N) is 2. The van der Waals surface area contributed by atoms with Gasteiger partial charge < -0.3 is 28.9 Å². The molecule has 14 heteroatoms. The number of halogens is 4. The second kappa shape index (κ2) is 16.5. The number of carbonyl (C=O) groups is 2. The van der Waals surface area contributed by atoms with Crippen molar-refractivity contribution in [2.75, 3.05) is 14.2 Å². The van der Waals surface area contributed by atoms with E-state index < -0.39 is 17.6 Å². The number of alkyl halides is 3. The first-order valence-corrected chi connectivity index (χ1v) is 15.6. The number of nitrogens with zero attached hydrogens (tertiary/aromatic N) is 2. The molecule has 0 aliphatic rings. The largest absolute Gasteiger partial charge is 0.496 e. The zero-order valence-electron chi connectivity index (χ0n) is 27.2. The Labute approximate surface area is 295 Å². The summed E-state index contributed by atoms with van der Waals surface area (Å²) >= 11 is 6.09. The van der Waals surface area contributed by atoms with E-state index in [1.54, 1.807) is 43.6 Å². The fraction of sp³-hybridized carbons (Fsp3) is 0.135. The predicted octanol–water partition coefficient (Wildman–Crippen LogP) is 8.23. The normalized spacial score (nSPS) is 10.9. The molecule has 4 aromatic carbocycles. The third-order valence-corrected chi connectivity index (χ3v) is 7.85. The van der Waals surface area contributed by atoms with Crippen LogP contribution in [0, 0.1) is 0 Å². The van der Waals surface area contributed by atoms with E-state index in [1.807, 2.05) is 18.2 Å². The van der Waals surface area contributed by atoms with E-state index in [4.69, 9.17) is 29.9 Å². The summed E-state index contributed by atoms with van der Waals surface area (Å²) in [6, 6.07) is 22.3. The smallest absolute Gasteiger partial charge is 0.416 e. The van der Waals surface area contributed by atoms with Gasteiger partial charge in [-0.25, -0.2) is 9.97 Å². The summed E-state index contributed by atoms with van der Waals surface area (Å²) in [5.41, 5.74) is 2.15. The average Bonchev–Trinajstić information content (AvgIpc) is 3.89. The molecule has 0 unspecified atom stereocenters. The van der Waals surface area contributed by atoms with Gasteiger partial charge in [0, 0.05) is 29.2 Å². The molecule has 0 bridgehead atoms. The van der Waals surface area contributed by atoms with Gasteiger partial charge in [-0.3, -0.25) is 9.59 Å². The highest BCUT2D eigenvalue weighted by atomic mass is 35.5. The van der Waals surface area contributed by atoms with Crippen LogP contribution in [0.4, 0.5) is 13.2 Å². The highest BCUT2D eigenvalue weighted by Crippen LogP contribution is 2.33. The van der Waals surface area contributed by atoms with Crippen molar-refractivity contribution >= 4 is 23.4 Å². The molecule has 10 nitrogen and oxygen atoms in total. The second-order valence-electron chi connectivity index (χ2n) is 10.7. The van der Waals surface area contributed by atoms with E-state index in [1.165, 1.54) is 56.4 Å². The number of aromatic nitrogens is 2. The van der Waals surface area contributed by atoms with Gasteiger partial charge in [0.05, 0.1) is 43.3 Å². The molecule has 0 radical (unpaired) electrons. The number of benzene rings is 4. The predicted molar refractivity (Wildman–Crippen MR) is 182 cm³/mol. The Kier molecular flexibility index (Phi) is 11.7. The average molecular weight is 719 g/mol. The third-order valence-electron chi connectivity index (χ3n) is 7.48. The molecule has 2 amide bonds. The maximum atomic E-state index is 13.0. The maximum Gasteiger partial charge on any atom is 0.416 e. The molecule has 0 aliphatic heterocycles. The molecule has 0 fully saturated rings. The summed E-state index contributed by atoms with van der Waals surface area (Å²) in [7, 11) is 2.98. The van der Waals surface area contributed by atoms with Gasteiger partial charge in [0.25, 0.3) is 11.8 Å². The van der Waals surface area contributed by atoms with Gasteiger partial charge in [0.2, 0.25) is 0 Å². The van der Waals surface area contributed by atoms with E-state index in [0.717, 1.165) is 17.2 Å². The van der Waals surface area contributed by atoms with E-state index in [2.05, 4.69) is 20.6 Å². The minimum atomic E-state index is -4.48. The minimum Gasteiger partial charge on any atom is -0.496 e. The van der Waals surface area contributed by atoms with Crippen LogP contribution in [0.3, 0.4) is 0 Å². The number of ether oxygens (including phenoxy) is 2. The number of carbonyl (C=O) groups excluding carboxylic acids is 2. The van der Waals surface area contributed by atoms with Crippen LogP contribution in [-0.2, 0) is 19.3 Å². The zero-order chi connectivity index (χ0) is 36.4. The number of hydrogen-bond donors (Lipinski definition) is 2. The van der Waals surface area contributed by atoms with E-state index in [0.29, 0.717) is 45.7 Å². The Balaban J connectivity index is 0.000000199. The van der Waals surface area contributed by atoms with Crippen LogP contribution in [0.5, 0.6) is 11.5 Å². The molecule has 2 heterocycles. The molecule has 262 valence electrons. The van der Waals surface area contributed by atoms with Crippen molar-refractivity contribution in [1.29, 1.82) is 0 Å². The summed E-state index contributed by atoms with van der Waals surface area (Å²) < 4.78 is 60.2. The number of methoxy groups -OCH3 is 2. The molecule has 0 atom stereocenters. The molecule has 0 saturated carbocycles. The van der Waals surface area contributed by atoms with Crippen LogP contribution in [0.2, 0.25) is 5.02 Å². The van der Waals surface area contributed by atoms with Gasteiger partial charge >= 0.3 is 6.18 Å². The summed E-state index contributed by atoms with van der Waals surface area (Å²) in [5.74, 6) is 1.24. The lowest BCUT2D eigenvalue weighted by molar-refractivity contribution is -0.138. The number of oxazole rings is 2. The van der Waals surface area contributed by atoms with Crippen molar-refractivity contribution < 1.29 is 41.1 Å². The van der Waals surface area contributed by atoms with Gasteiger partial charge in [0.15, 0.2) is 24.3 Å². The number of rotatable bonds is 10. The van der Waals surface area contributed by atoms with E-state index in [-0.39, 0.29) is 23.6 Å². The van der Waals surface area contributed by atoms with Crippen molar-refractivity contribution in [2.24, 2.45) is 0 Å². The fourth-order valence-electron chi connectivity index (χ4n) is 4.92. The summed E-state index contributed by atoms with van der Waals surface area (Å²) in [4.78, 5) is 32.4. The standard InChI is InChI=1S/C19H15F3N2O3.C18H15ClN2O3/c1-26-16-8-12(6-7-14(16)17-10-23-11-27-17)18(25)24-9-13-4-2-3-5-15(13)19(20,21)22;1-23-16-8-12(6-7-14(16)17-10-20-11-24-17)18(22)21-9-13-4-2-3-5-15(13)19/h2-8,10-11H,9H2,1H3,(H,24,25);2-8,10-11H,9H2,1H3,(H,21,22). The van der Waals surface area contributed by atoms with Crippen molar-refractivity contribution in [3.8, 4) is 34.1 Å². The first-order valence-electron chi connectivity index (χ1n) is 15.2. The third kappa shape index (κ3) is 9.13. The first-order chi connectivity index (χ1) is 24.6. The van der Waals surface area contributed by atoms with Crippen molar-refractivity contribution in [3.05, 3.63) is 143 Å². The van der Waals surface area contributed by atoms with Crippen LogP contribution in [0.1, 0.15) is 37.4 Å². The molecule has 0 spiro atoms. The van der Waals surface area contributed by atoms with Gasteiger partial charge in [-0.2, -0.15) is 13.2 Å². The van der Waals surface area contributed by atoms with Crippen LogP contribution < -0.4 is 20.1 Å². The Morgan fingerprint density at radius 3 is 1.63 bits per heavy atom. The van der Waals surface area contributed by atoms with E-state index >= 15 is 0 Å². The Morgan fingerprint density at radius 2 is 1.18 bits per heavy atom. The molecule has 2 N–H and O–H groups in total. The molecular formula is C37H30ClF3N4O6. The lowest BCUT2D eigenvalue weighted by Gasteiger charge is -2.14. The van der Waals surface area contributed by atoms with Gasteiger partial charge in [0.1, 0.15) is 11.5 Å². The Morgan fingerprint density at radius 1 is 0.706 bits per heavy atom. The number of hydrogen-bond acceptors (Lipinski definition) is 8. The highest BCUT2D eigenvalue weighted by Gasteiger charge is 2.32. The summed E-state index contributed by atoms with van der Waals surface area (Å²) in [6.45, 7) is 0.103. The molecular weight excluding hydrogens is 689 g/mol. The molecule has 2 aromatic heterocycles. The van der Waals surface area contributed by atoms with Crippen LogP contribution in [0.15, 0.2) is 119 Å². The second-order valence-corrected chi connectivity index (χ2v) is 11.1. The first kappa shape index (κ1) is 36.2. The zero-order valence-corrected chi connectivity index (χ0v) is 27.9. The summed E-state index contributed by atoms with van der Waals surface area (Å²) in [6.07, 6.45) is 1.23. The maximum absolute atomic E-state index is 13.0. The van der Waals surface area contributed by atoms with Gasteiger partial charge in [-0.05, 0) is 59.7 Å². The minimum absolute atomic E-state index is 0.0106. The van der Waals surface area contributed by atoms with E-state index in [9.17, 15) is 22.8 Å². The van der Waals surface area contributed by atoms with Crippen LogP contribution >= 0.6 is 11.6 Å². The lowest BCUT2D eigenvalue weighted by atomic mass is 10.1. The van der Waals surface area contributed by atoms with Crippen LogP contribution in [0.25, 0.3) is 22.6 Å². The van der Waals surface area contributed by atoms with Gasteiger partial charge in [-0.15, -0.1) is 0 Å². The molecule has 51 heavy (non-hydrogen) atoms. The lowest BCUT2D eigenvalue weighted by Crippen LogP contribution is -2.24. The van der Waals surface area contributed by atoms with Crippen molar-refractivity contribution in [3.63, 3.8) is 0 Å². The Bertz CT molecular complexity index is 2090. The van der Waals surface area contributed by atoms with Crippen molar-refractivity contribution in [1.82, 2.24) is 20.6 Å². The SMILES string of the molecule is COc1cc(C(=O)NCc2ccccc2C(F)(F)F)ccc1-c1cnco1.COc1cc(C(=O)NCc2ccccc2Cl)ccc1-c1cnco1. The monoisotopic (exact) mass is 718 g/mol. The number of amides is 2. The Hall–Kier alpha value is -6.08. The molecule has 6 aromatic rings. The molecule has 0 aliphatic carbocycles.